The maximum Gasteiger partial charge on any atom is 0.321 e. The van der Waals surface area contributed by atoms with Gasteiger partial charge in [-0.15, -0.1) is 11.3 Å². The maximum absolute atomic E-state index is 12.2. The highest BCUT2D eigenvalue weighted by atomic mass is 32.1. The second kappa shape index (κ2) is 7.76. The van der Waals surface area contributed by atoms with Gasteiger partial charge in [0.25, 0.3) is 0 Å². The van der Waals surface area contributed by atoms with Gasteiger partial charge in [-0.3, -0.25) is 10.3 Å². The Balaban J connectivity index is 1.59. The Morgan fingerprint density at radius 2 is 1.88 bits per heavy atom. The van der Waals surface area contributed by atoms with Crippen LogP contribution in [0.3, 0.4) is 0 Å². The second-order valence-corrected chi connectivity index (χ2v) is 6.23. The van der Waals surface area contributed by atoms with E-state index in [1.165, 1.54) is 11.3 Å². The van der Waals surface area contributed by atoms with Crippen LogP contribution in [0.15, 0.2) is 54.2 Å². The van der Waals surface area contributed by atoms with Crippen molar-refractivity contribution in [3.8, 4) is 17.0 Å². The van der Waals surface area contributed by atoms with Crippen LogP contribution in [0.5, 0.6) is 5.75 Å². The molecule has 6 nitrogen and oxygen atoms in total. The quantitative estimate of drug-likeness (QED) is 0.723. The summed E-state index contributed by atoms with van der Waals surface area (Å²) in [5.74, 6) is 0.784. The lowest BCUT2D eigenvalue weighted by atomic mass is 10.1. The minimum atomic E-state index is -0.293. The molecule has 2 aromatic heterocycles. The molecule has 25 heavy (non-hydrogen) atoms. The van der Waals surface area contributed by atoms with Crippen LogP contribution in [0.25, 0.3) is 11.3 Å². The number of ether oxygens (including phenoxy) is 1. The van der Waals surface area contributed by atoms with Gasteiger partial charge in [0.15, 0.2) is 5.13 Å². The molecule has 0 fully saturated rings. The van der Waals surface area contributed by atoms with Crippen molar-refractivity contribution in [3.63, 3.8) is 0 Å². The summed E-state index contributed by atoms with van der Waals surface area (Å²) in [6.45, 7) is 1.92. The van der Waals surface area contributed by atoms with Crippen molar-refractivity contribution in [2.45, 2.75) is 13.0 Å². The number of carbonyl (C=O) groups excluding carboxylic acids is 1. The van der Waals surface area contributed by atoms with Crippen LogP contribution in [-0.2, 0) is 0 Å². The molecule has 0 spiro atoms. The van der Waals surface area contributed by atoms with E-state index in [-0.39, 0.29) is 12.1 Å². The normalized spacial score (nSPS) is 11.6. The number of amides is 2. The molecule has 2 heterocycles. The van der Waals surface area contributed by atoms with Crippen molar-refractivity contribution in [2.75, 3.05) is 12.4 Å². The Morgan fingerprint density at radius 3 is 2.56 bits per heavy atom. The van der Waals surface area contributed by atoms with E-state index in [1.807, 2.05) is 48.7 Å². The first kappa shape index (κ1) is 16.9. The van der Waals surface area contributed by atoms with Crippen molar-refractivity contribution in [3.05, 3.63) is 59.7 Å². The molecular formula is C18H18N4O2S. The molecule has 0 radical (unpaired) electrons. The number of nitrogens with zero attached hydrogens (tertiary/aromatic N) is 2. The Kier molecular flexibility index (Phi) is 5.25. The minimum absolute atomic E-state index is 0.134. The lowest BCUT2D eigenvalue weighted by Gasteiger charge is -2.14. The van der Waals surface area contributed by atoms with Gasteiger partial charge in [-0.05, 0) is 36.8 Å². The molecule has 2 N–H and O–H groups in total. The SMILES string of the molecule is COc1ccc([C@H](C)NC(=O)Nc2nc(-c3ccncc3)cs2)cc1. The van der Waals surface area contributed by atoms with E-state index in [1.54, 1.807) is 19.5 Å². The fourth-order valence-corrected chi connectivity index (χ4v) is 3.01. The average Bonchev–Trinajstić information content (AvgIpc) is 3.10. The summed E-state index contributed by atoms with van der Waals surface area (Å²) in [4.78, 5) is 20.6. The van der Waals surface area contributed by atoms with E-state index in [4.69, 9.17) is 4.74 Å². The molecule has 3 aromatic rings. The van der Waals surface area contributed by atoms with Gasteiger partial charge < -0.3 is 10.1 Å². The largest absolute Gasteiger partial charge is 0.497 e. The molecule has 1 aromatic carbocycles. The van der Waals surface area contributed by atoms with Crippen molar-refractivity contribution in [1.82, 2.24) is 15.3 Å². The van der Waals surface area contributed by atoms with Gasteiger partial charge in [-0.25, -0.2) is 9.78 Å². The molecule has 0 saturated heterocycles. The molecule has 0 aliphatic heterocycles. The molecule has 0 aliphatic carbocycles. The van der Waals surface area contributed by atoms with Crippen molar-refractivity contribution in [1.29, 1.82) is 0 Å². The van der Waals surface area contributed by atoms with E-state index in [2.05, 4.69) is 20.6 Å². The van der Waals surface area contributed by atoms with E-state index in [0.29, 0.717) is 5.13 Å². The summed E-state index contributed by atoms with van der Waals surface area (Å²) in [6, 6.07) is 10.9. The number of benzene rings is 1. The van der Waals surface area contributed by atoms with Gasteiger partial charge in [-0.2, -0.15) is 0 Å². The molecule has 0 bridgehead atoms. The zero-order valence-electron chi connectivity index (χ0n) is 13.9. The Bertz CT molecular complexity index is 834. The molecule has 1 atom stereocenters. The minimum Gasteiger partial charge on any atom is -0.497 e. The Morgan fingerprint density at radius 1 is 1.16 bits per heavy atom. The highest BCUT2D eigenvalue weighted by Gasteiger charge is 2.12. The van der Waals surface area contributed by atoms with Gasteiger partial charge in [-0.1, -0.05) is 12.1 Å². The van der Waals surface area contributed by atoms with Crippen LogP contribution in [0.1, 0.15) is 18.5 Å². The molecule has 7 heteroatoms. The van der Waals surface area contributed by atoms with Crippen LogP contribution in [0, 0.1) is 0 Å². The molecular weight excluding hydrogens is 336 g/mol. The zero-order valence-corrected chi connectivity index (χ0v) is 14.7. The lowest BCUT2D eigenvalue weighted by Crippen LogP contribution is -2.31. The van der Waals surface area contributed by atoms with Crippen LogP contribution in [0.4, 0.5) is 9.93 Å². The molecule has 0 aliphatic rings. The van der Waals surface area contributed by atoms with Crippen LogP contribution in [0.2, 0.25) is 0 Å². The smallest absolute Gasteiger partial charge is 0.321 e. The highest BCUT2D eigenvalue weighted by molar-refractivity contribution is 7.14. The van der Waals surface area contributed by atoms with Crippen molar-refractivity contribution < 1.29 is 9.53 Å². The highest BCUT2D eigenvalue weighted by Crippen LogP contribution is 2.24. The summed E-state index contributed by atoms with van der Waals surface area (Å²) in [5.41, 5.74) is 2.77. The number of methoxy groups -OCH3 is 1. The summed E-state index contributed by atoms with van der Waals surface area (Å²) < 4.78 is 5.14. The monoisotopic (exact) mass is 354 g/mol. The third kappa shape index (κ3) is 4.33. The van der Waals surface area contributed by atoms with Gasteiger partial charge in [0.1, 0.15) is 5.75 Å². The summed E-state index contributed by atoms with van der Waals surface area (Å²) in [5, 5.41) is 8.12. The predicted octanol–water partition coefficient (Wildman–Crippen LogP) is 4.10. The number of aromatic nitrogens is 2. The van der Waals surface area contributed by atoms with Gasteiger partial charge in [0, 0.05) is 23.3 Å². The number of rotatable bonds is 5. The topological polar surface area (TPSA) is 76.1 Å². The molecule has 128 valence electrons. The summed E-state index contributed by atoms with van der Waals surface area (Å²) in [6.07, 6.45) is 3.43. The average molecular weight is 354 g/mol. The van der Waals surface area contributed by atoms with Gasteiger partial charge in [0.05, 0.1) is 18.8 Å². The van der Waals surface area contributed by atoms with E-state index >= 15 is 0 Å². The number of urea groups is 1. The first-order chi connectivity index (χ1) is 12.2. The molecule has 0 unspecified atom stereocenters. The second-order valence-electron chi connectivity index (χ2n) is 5.37. The first-order valence-electron chi connectivity index (χ1n) is 7.73. The number of anilines is 1. The standard InChI is InChI=1S/C18H18N4O2S/c1-12(13-3-5-15(24-2)6-4-13)20-17(23)22-18-21-16(11-25-18)14-7-9-19-10-8-14/h3-12H,1-2H3,(H2,20,21,22,23)/t12-/m0/s1. The van der Waals surface area contributed by atoms with Crippen LogP contribution < -0.4 is 15.4 Å². The summed E-state index contributed by atoms with van der Waals surface area (Å²) in [7, 11) is 1.62. The van der Waals surface area contributed by atoms with E-state index in [0.717, 1.165) is 22.6 Å². The molecule has 3 rings (SSSR count). The number of hydrogen-bond donors (Lipinski definition) is 2. The number of pyridine rings is 1. The van der Waals surface area contributed by atoms with Crippen molar-refractivity contribution >= 4 is 22.5 Å². The number of carbonyl (C=O) groups is 1. The van der Waals surface area contributed by atoms with Gasteiger partial charge in [0.2, 0.25) is 0 Å². The van der Waals surface area contributed by atoms with Crippen LogP contribution >= 0.6 is 11.3 Å². The number of hydrogen-bond acceptors (Lipinski definition) is 5. The third-order valence-electron chi connectivity index (χ3n) is 3.66. The first-order valence-corrected chi connectivity index (χ1v) is 8.61. The van der Waals surface area contributed by atoms with E-state index < -0.39 is 0 Å². The Labute approximate surface area is 149 Å². The van der Waals surface area contributed by atoms with Crippen LogP contribution in [-0.4, -0.2) is 23.1 Å². The summed E-state index contributed by atoms with van der Waals surface area (Å²) >= 11 is 1.38. The van der Waals surface area contributed by atoms with Crippen molar-refractivity contribution in [2.24, 2.45) is 0 Å². The van der Waals surface area contributed by atoms with E-state index in [9.17, 15) is 4.79 Å². The van der Waals surface area contributed by atoms with Gasteiger partial charge >= 0.3 is 6.03 Å². The zero-order chi connectivity index (χ0) is 17.6. The third-order valence-corrected chi connectivity index (χ3v) is 4.42. The fraction of sp³-hybridized carbons (Fsp3) is 0.167. The molecule has 2 amide bonds. The number of nitrogens with one attached hydrogen (secondary N) is 2. The Hall–Kier alpha value is -2.93. The predicted molar refractivity (Wildman–Crippen MR) is 98.9 cm³/mol. The lowest BCUT2D eigenvalue weighted by molar-refractivity contribution is 0.249. The molecule has 0 saturated carbocycles. The number of thiazole rings is 1. The fourth-order valence-electron chi connectivity index (χ4n) is 2.29. The maximum atomic E-state index is 12.2.